The second-order valence-corrected chi connectivity index (χ2v) is 5.35. The van der Waals surface area contributed by atoms with E-state index < -0.39 is 0 Å². The van der Waals surface area contributed by atoms with Crippen molar-refractivity contribution in [2.24, 2.45) is 0 Å². The average Bonchev–Trinajstić information content (AvgIpc) is 1.80. The van der Waals surface area contributed by atoms with E-state index in [-0.39, 0.29) is 32.1 Å². The molecular weight excluding hydrogens is 282 g/mol. The summed E-state index contributed by atoms with van der Waals surface area (Å²) in [5, 5.41) is 11.5. The van der Waals surface area contributed by atoms with Gasteiger partial charge in [-0.3, -0.25) is 0 Å². The Morgan fingerprint density at radius 1 is 0.562 bits per heavy atom. The first kappa shape index (κ1) is 25.4. The van der Waals surface area contributed by atoms with E-state index in [0.29, 0.717) is 0 Å². The molecule has 0 saturated heterocycles. The fraction of sp³-hybridized carbons (Fsp3) is 1.00. The number of hydrogen-bond donors (Lipinski definition) is 0. The fourth-order valence-corrected chi connectivity index (χ4v) is 1.01. The molecule has 4 heteroatoms. The minimum absolute atomic E-state index is 0. The standard InChI is InChI=1S/C8H18N.2C2H6N.Mo/c1-7(2,3)9-8(4,5)6;2*1-3-2;/h1-6H3;2*1-2H3;/q3*-1;+3. The Morgan fingerprint density at radius 2 is 0.688 bits per heavy atom. The van der Waals surface area contributed by atoms with Crippen LogP contribution >= 0.6 is 0 Å². The normalized spacial score (nSPS) is 10.1. The van der Waals surface area contributed by atoms with Gasteiger partial charge >= 0.3 is 21.1 Å². The van der Waals surface area contributed by atoms with Crippen LogP contribution in [-0.4, -0.2) is 39.3 Å². The molecule has 0 aromatic carbocycles. The van der Waals surface area contributed by atoms with E-state index in [1.807, 2.05) is 0 Å². The van der Waals surface area contributed by atoms with Gasteiger partial charge in [-0.1, -0.05) is 41.5 Å². The molecule has 0 bridgehead atoms. The van der Waals surface area contributed by atoms with E-state index in [4.69, 9.17) is 0 Å². The molecule has 0 aromatic rings. The molecule has 1 radical (unpaired) electrons. The first-order valence-corrected chi connectivity index (χ1v) is 5.24. The van der Waals surface area contributed by atoms with E-state index in [1.165, 1.54) is 0 Å². The van der Waals surface area contributed by atoms with Gasteiger partial charge < -0.3 is 16.0 Å². The van der Waals surface area contributed by atoms with Crippen molar-refractivity contribution in [3.63, 3.8) is 0 Å². The maximum Gasteiger partial charge on any atom is 3.00 e. The van der Waals surface area contributed by atoms with Gasteiger partial charge in [-0.05, 0) is 0 Å². The largest absolute Gasteiger partial charge is 3.00 e. The molecule has 0 spiro atoms. The van der Waals surface area contributed by atoms with E-state index in [2.05, 4.69) is 57.5 Å². The minimum atomic E-state index is 0. The molecule has 0 unspecified atom stereocenters. The summed E-state index contributed by atoms with van der Waals surface area (Å²) in [4.78, 5) is 0. The predicted octanol–water partition coefficient (Wildman–Crippen LogP) is 4.19. The van der Waals surface area contributed by atoms with Crippen molar-refractivity contribution in [2.45, 2.75) is 52.6 Å². The van der Waals surface area contributed by atoms with Gasteiger partial charge in [0.15, 0.2) is 0 Å². The molecule has 0 aliphatic rings. The Kier molecular flexibility index (Phi) is 21.7. The van der Waals surface area contributed by atoms with Crippen molar-refractivity contribution < 1.29 is 21.1 Å². The summed E-state index contributed by atoms with van der Waals surface area (Å²) in [7, 11) is 7.00. The summed E-state index contributed by atoms with van der Waals surface area (Å²) >= 11 is 0. The third-order valence-corrected chi connectivity index (χ3v) is 0.671. The molecule has 0 atom stereocenters. The molecule has 0 heterocycles. The summed E-state index contributed by atoms with van der Waals surface area (Å²) < 4.78 is 0. The van der Waals surface area contributed by atoms with Crippen LogP contribution in [-0.2, 0) is 21.1 Å². The first-order valence-electron chi connectivity index (χ1n) is 5.24. The van der Waals surface area contributed by atoms with E-state index in [0.717, 1.165) is 0 Å². The summed E-state index contributed by atoms with van der Waals surface area (Å²) in [6.45, 7) is 12.7. The Hall–Kier alpha value is 0.568. The summed E-state index contributed by atoms with van der Waals surface area (Å²) in [5.41, 5.74) is 0.219. The molecule has 0 rings (SSSR count). The minimum Gasteiger partial charge on any atom is -0.668 e. The maximum atomic E-state index is 4.54. The zero-order chi connectivity index (χ0) is 13.1. The predicted molar refractivity (Wildman–Crippen MR) is 73.3 cm³/mol. The molecule has 0 aromatic heterocycles. The maximum absolute atomic E-state index is 4.54. The third-order valence-electron chi connectivity index (χ3n) is 0.671. The summed E-state index contributed by atoms with van der Waals surface area (Å²) in [5.74, 6) is 0. The van der Waals surface area contributed by atoms with Gasteiger partial charge in [0.05, 0.1) is 0 Å². The van der Waals surface area contributed by atoms with Crippen LogP contribution in [0.5, 0.6) is 0 Å². The molecular formula is C12H30MoN3. The van der Waals surface area contributed by atoms with Crippen molar-refractivity contribution in [3.05, 3.63) is 16.0 Å². The molecule has 0 amide bonds. The average molecular weight is 312 g/mol. The van der Waals surface area contributed by atoms with Crippen LogP contribution in [0.25, 0.3) is 16.0 Å². The summed E-state index contributed by atoms with van der Waals surface area (Å²) in [6.07, 6.45) is 0. The monoisotopic (exact) mass is 314 g/mol. The van der Waals surface area contributed by atoms with Crippen molar-refractivity contribution in [1.29, 1.82) is 0 Å². The third kappa shape index (κ3) is 62.2. The number of nitrogens with zero attached hydrogens (tertiary/aromatic N) is 3. The number of rotatable bonds is 0. The van der Waals surface area contributed by atoms with Gasteiger partial charge in [0.1, 0.15) is 0 Å². The van der Waals surface area contributed by atoms with Crippen LogP contribution in [0.1, 0.15) is 41.5 Å². The molecule has 99 valence electrons. The van der Waals surface area contributed by atoms with Crippen LogP contribution in [0.2, 0.25) is 0 Å². The fourth-order valence-electron chi connectivity index (χ4n) is 1.01. The van der Waals surface area contributed by atoms with Crippen molar-refractivity contribution in [3.8, 4) is 0 Å². The second-order valence-electron chi connectivity index (χ2n) is 5.35. The van der Waals surface area contributed by atoms with Gasteiger partial charge in [0.2, 0.25) is 0 Å². The van der Waals surface area contributed by atoms with Gasteiger partial charge in [-0.25, -0.2) is 0 Å². The van der Waals surface area contributed by atoms with E-state index in [1.54, 1.807) is 28.2 Å². The van der Waals surface area contributed by atoms with Gasteiger partial charge in [0, 0.05) is 0 Å². The molecule has 0 fully saturated rings. The molecule has 16 heavy (non-hydrogen) atoms. The molecule has 3 nitrogen and oxygen atoms in total. The quantitative estimate of drug-likeness (QED) is 0.602. The smallest absolute Gasteiger partial charge is 0.668 e. The van der Waals surface area contributed by atoms with E-state index >= 15 is 0 Å². The SMILES string of the molecule is CC(C)(C)[N-]C(C)(C)C.C[N-]C.C[N-]C.[Mo+3]. The number of hydrogen-bond acceptors (Lipinski definition) is 0. The van der Waals surface area contributed by atoms with E-state index in [9.17, 15) is 0 Å². The Balaban J connectivity index is -0.0000000870. The molecule has 0 N–H and O–H groups in total. The van der Waals surface area contributed by atoms with Crippen LogP contribution in [0, 0.1) is 0 Å². The van der Waals surface area contributed by atoms with Crippen molar-refractivity contribution in [2.75, 3.05) is 28.2 Å². The summed E-state index contributed by atoms with van der Waals surface area (Å²) in [6, 6.07) is 0. The molecule has 0 aliphatic heterocycles. The topological polar surface area (TPSA) is 42.3 Å². The molecule has 0 aliphatic carbocycles. The van der Waals surface area contributed by atoms with Gasteiger partial charge in [-0.2, -0.15) is 28.2 Å². The van der Waals surface area contributed by atoms with Gasteiger partial charge in [-0.15, -0.1) is 11.1 Å². The van der Waals surface area contributed by atoms with Crippen molar-refractivity contribution >= 4 is 0 Å². The van der Waals surface area contributed by atoms with Crippen LogP contribution in [0.15, 0.2) is 0 Å². The second kappa shape index (κ2) is 13.6. The molecule has 0 saturated carbocycles. The Labute approximate surface area is 118 Å². The Morgan fingerprint density at radius 3 is 0.688 bits per heavy atom. The van der Waals surface area contributed by atoms with Crippen LogP contribution in [0.3, 0.4) is 0 Å². The zero-order valence-corrected chi connectivity index (χ0v) is 14.8. The first-order chi connectivity index (χ1) is 6.54. The van der Waals surface area contributed by atoms with Crippen LogP contribution < -0.4 is 0 Å². The Bertz CT molecular complexity index is 100. The zero-order valence-electron chi connectivity index (χ0n) is 12.7. The van der Waals surface area contributed by atoms with Crippen LogP contribution in [0.4, 0.5) is 0 Å². The van der Waals surface area contributed by atoms with Gasteiger partial charge in [0.25, 0.3) is 0 Å². The van der Waals surface area contributed by atoms with Crippen molar-refractivity contribution in [1.82, 2.24) is 0 Å².